The summed E-state index contributed by atoms with van der Waals surface area (Å²) in [4.78, 5) is 0. The molecule has 0 aliphatic heterocycles. The van der Waals surface area contributed by atoms with Crippen LogP contribution in [0.25, 0.3) is 0 Å². The van der Waals surface area contributed by atoms with E-state index >= 15 is 0 Å². The Morgan fingerprint density at radius 3 is 2.44 bits per heavy atom. The third-order valence-electron chi connectivity index (χ3n) is 3.58. The van der Waals surface area contributed by atoms with Crippen LogP contribution in [0, 0.1) is 5.41 Å². The predicted molar refractivity (Wildman–Crippen MR) is 81.6 cm³/mol. The van der Waals surface area contributed by atoms with Crippen molar-refractivity contribution in [1.82, 2.24) is 5.32 Å². The van der Waals surface area contributed by atoms with E-state index in [4.69, 9.17) is 23.2 Å². The van der Waals surface area contributed by atoms with Crippen molar-refractivity contribution in [3.63, 3.8) is 0 Å². The topological polar surface area (TPSA) is 12.0 Å². The quantitative estimate of drug-likeness (QED) is 0.731. The standard InChI is InChI=1S/C15H23Cl2N/c1-5-10-18-14(15(3,4)6-2)11-8-7-9-12(16)13(11)17/h7-9,14,18H,5-6,10H2,1-4H3. The van der Waals surface area contributed by atoms with E-state index in [9.17, 15) is 0 Å². The molecular weight excluding hydrogens is 265 g/mol. The summed E-state index contributed by atoms with van der Waals surface area (Å²) in [5.74, 6) is 0. The average molecular weight is 288 g/mol. The maximum Gasteiger partial charge on any atom is 0.0640 e. The van der Waals surface area contributed by atoms with Gasteiger partial charge in [-0.3, -0.25) is 0 Å². The Morgan fingerprint density at radius 2 is 1.89 bits per heavy atom. The molecule has 1 rings (SSSR count). The Balaban J connectivity index is 3.13. The Labute approximate surface area is 121 Å². The molecule has 0 amide bonds. The van der Waals surface area contributed by atoms with Gasteiger partial charge in [-0.1, -0.05) is 63.0 Å². The van der Waals surface area contributed by atoms with Crippen LogP contribution in [0.15, 0.2) is 18.2 Å². The summed E-state index contributed by atoms with van der Waals surface area (Å²) in [6.07, 6.45) is 2.19. The van der Waals surface area contributed by atoms with E-state index in [1.165, 1.54) is 0 Å². The van der Waals surface area contributed by atoms with Crippen LogP contribution >= 0.6 is 23.2 Å². The van der Waals surface area contributed by atoms with E-state index in [0.717, 1.165) is 24.9 Å². The second-order valence-corrected chi connectivity index (χ2v) is 6.16. The van der Waals surface area contributed by atoms with E-state index in [-0.39, 0.29) is 11.5 Å². The fourth-order valence-corrected chi connectivity index (χ4v) is 2.46. The molecule has 0 fully saturated rings. The normalized spacial score (nSPS) is 13.7. The molecule has 0 heterocycles. The number of rotatable bonds is 6. The zero-order valence-corrected chi connectivity index (χ0v) is 13.2. The fraction of sp³-hybridized carbons (Fsp3) is 0.600. The van der Waals surface area contributed by atoms with Crippen LogP contribution in [0.2, 0.25) is 10.0 Å². The van der Waals surface area contributed by atoms with Gasteiger partial charge in [0.25, 0.3) is 0 Å². The number of hydrogen-bond donors (Lipinski definition) is 1. The minimum Gasteiger partial charge on any atom is -0.309 e. The molecule has 3 heteroatoms. The van der Waals surface area contributed by atoms with Crippen molar-refractivity contribution in [3.05, 3.63) is 33.8 Å². The Kier molecular flexibility index (Phi) is 5.97. The maximum absolute atomic E-state index is 6.36. The minimum atomic E-state index is 0.142. The summed E-state index contributed by atoms with van der Waals surface area (Å²) >= 11 is 12.5. The van der Waals surface area contributed by atoms with Crippen molar-refractivity contribution >= 4 is 23.2 Å². The van der Waals surface area contributed by atoms with Gasteiger partial charge in [0.2, 0.25) is 0 Å². The van der Waals surface area contributed by atoms with E-state index < -0.39 is 0 Å². The zero-order valence-electron chi connectivity index (χ0n) is 11.7. The van der Waals surface area contributed by atoms with E-state index in [0.29, 0.717) is 10.0 Å². The van der Waals surface area contributed by atoms with Crippen LogP contribution in [0.1, 0.15) is 52.1 Å². The van der Waals surface area contributed by atoms with Crippen molar-refractivity contribution in [2.24, 2.45) is 5.41 Å². The second-order valence-electron chi connectivity index (χ2n) is 5.37. The molecular formula is C15H23Cl2N. The van der Waals surface area contributed by atoms with Crippen LogP contribution in [-0.2, 0) is 0 Å². The molecule has 0 aliphatic carbocycles. The summed E-state index contributed by atoms with van der Waals surface area (Å²) < 4.78 is 0. The highest BCUT2D eigenvalue weighted by molar-refractivity contribution is 6.42. The first-order chi connectivity index (χ1) is 8.44. The summed E-state index contributed by atoms with van der Waals surface area (Å²) in [5, 5.41) is 4.91. The van der Waals surface area contributed by atoms with E-state index in [1.807, 2.05) is 12.1 Å². The number of benzene rings is 1. The van der Waals surface area contributed by atoms with Crippen LogP contribution in [0.5, 0.6) is 0 Å². The molecule has 0 aliphatic rings. The monoisotopic (exact) mass is 287 g/mol. The lowest BCUT2D eigenvalue weighted by atomic mass is 9.78. The predicted octanol–water partition coefficient (Wildman–Crippen LogP) is 5.47. The van der Waals surface area contributed by atoms with Crippen molar-refractivity contribution in [3.8, 4) is 0 Å². The van der Waals surface area contributed by atoms with Crippen molar-refractivity contribution < 1.29 is 0 Å². The molecule has 0 saturated heterocycles. The van der Waals surface area contributed by atoms with E-state index in [2.05, 4.69) is 39.1 Å². The van der Waals surface area contributed by atoms with Gasteiger partial charge in [0.1, 0.15) is 0 Å². The largest absolute Gasteiger partial charge is 0.309 e. The molecule has 1 aromatic rings. The van der Waals surface area contributed by atoms with Crippen molar-refractivity contribution in [2.45, 2.75) is 46.6 Å². The second kappa shape index (κ2) is 6.79. The molecule has 1 nitrogen and oxygen atoms in total. The molecule has 1 unspecified atom stereocenters. The lowest BCUT2D eigenvalue weighted by Crippen LogP contribution is -2.34. The summed E-state index contributed by atoms with van der Waals surface area (Å²) in [5.41, 5.74) is 1.24. The van der Waals surface area contributed by atoms with Crippen LogP contribution < -0.4 is 5.32 Å². The van der Waals surface area contributed by atoms with Gasteiger partial charge in [0, 0.05) is 6.04 Å². The first-order valence-electron chi connectivity index (χ1n) is 6.61. The Hall–Kier alpha value is -0.240. The van der Waals surface area contributed by atoms with Gasteiger partial charge in [0.05, 0.1) is 10.0 Å². The number of hydrogen-bond acceptors (Lipinski definition) is 1. The number of halogens is 2. The van der Waals surface area contributed by atoms with Gasteiger partial charge in [-0.25, -0.2) is 0 Å². The first kappa shape index (κ1) is 15.8. The Morgan fingerprint density at radius 1 is 1.22 bits per heavy atom. The lowest BCUT2D eigenvalue weighted by Gasteiger charge is -2.35. The third kappa shape index (κ3) is 3.63. The summed E-state index contributed by atoms with van der Waals surface area (Å²) in [7, 11) is 0. The van der Waals surface area contributed by atoms with Gasteiger partial charge in [-0.15, -0.1) is 0 Å². The summed E-state index contributed by atoms with van der Waals surface area (Å²) in [6, 6.07) is 6.10. The molecule has 0 radical (unpaired) electrons. The Bertz CT molecular complexity index is 388. The van der Waals surface area contributed by atoms with Crippen LogP contribution in [0.3, 0.4) is 0 Å². The van der Waals surface area contributed by atoms with Gasteiger partial charge in [0.15, 0.2) is 0 Å². The molecule has 0 saturated carbocycles. The molecule has 1 atom stereocenters. The molecule has 0 spiro atoms. The fourth-order valence-electron chi connectivity index (χ4n) is 2.04. The highest BCUT2D eigenvalue weighted by Crippen LogP contribution is 2.40. The minimum absolute atomic E-state index is 0.142. The molecule has 18 heavy (non-hydrogen) atoms. The average Bonchev–Trinajstić information content (AvgIpc) is 2.34. The third-order valence-corrected chi connectivity index (χ3v) is 4.42. The molecule has 102 valence electrons. The molecule has 1 N–H and O–H groups in total. The first-order valence-corrected chi connectivity index (χ1v) is 7.37. The van der Waals surface area contributed by atoms with Gasteiger partial charge in [-0.05, 0) is 36.4 Å². The molecule has 0 aromatic heterocycles. The molecule has 1 aromatic carbocycles. The highest BCUT2D eigenvalue weighted by atomic mass is 35.5. The highest BCUT2D eigenvalue weighted by Gasteiger charge is 2.30. The van der Waals surface area contributed by atoms with E-state index in [1.54, 1.807) is 0 Å². The zero-order chi connectivity index (χ0) is 13.8. The van der Waals surface area contributed by atoms with Crippen molar-refractivity contribution in [1.29, 1.82) is 0 Å². The van der Waals surface area contributed by atoms with Gasteiger partial charge < -0.3 is 5.32 Å². The van der Waals surface area contributed by atoms with Crippen molar-refractivity contribution in [2.75, 3.05) is 6.54 Å². The summed E-state index contributed by atoms with van der Waals surface area (Å²) in [6.45, 7) is 9.88. The number of nitrogens with one attached hydrogen (secondary N) is 1. The van der Waals surface area contributed by atoms with Gasteiger partial charge >= 0.3 is 0 Å². The maximum atomic E-state index is 6.36. The molecule has 0 bridgehead atoms. The SMILES string of the molecule is CCCNC(c1cccc(Cl)c1Cl)C(C)(C)CC. The van der Waals surface area contributed by atoms with Crippen LogP contribution in [-0.4, -0.2) is 6.54 Å². The smallest absolute Gasteiger partial charge is 0.0640 e. The lowest BCUT2D eigenvalue weighted by molar-refractivity contribution is 0.235. The van der Waals surface area contributed by atoms with Crippen LogP contribution in [0.4, 0.5) is 0 Å². The van der Waals surface area contributed by atoms with Gasteiger partial charge in [-0.2, -0.15) is 0 Å².